The third-order valence-electron chi connectivity index (χ3n) is 15.3. The molecule has 76 heavy (non-hydrogen) atoms. The average molecular weight is 974 g/mol. The van der Waals surface area contributed by atoms with E-state index in [1.807, 2.05) is 54.7 Å². The first kappa shape index (κ1) is 42.3. The summed E-state index contributed by atoms with van der Waals surface area (Å²) in [5.41, 5.74) is 14.4. The molecule has 0 atom stereocenters. The lowest BCUT2D eigenvalue weighted by Crippen LogP contribution is -2.07. The van der Waals surface area contributed by atoms with Gasteiger partial charge in [0.25, 0.3) is 0 Å². The van der Waals surface area contributed by atoms with E-state index in [-0.39, 0.29) is 0 Å². The molecular formula is C67H43N9. The maximum absolute atomic E-state index is 5.39. The van der Waals surface area contributed by atoms with E-state index in [1.54, 1.807) is 0 Å². The Kier molecular flexibility index (Phi) is 9.26. The van der Waals surface area contributed by atoms with Gasteiger partial charge in [0, 0.05) is 77.4 Å². The van der Waals surface area contributed by atoms with Crippen LogP contribution in [0.3, 0.4) is 0 Å². The lowest BCUT2D eigenvalue weighted by Gasteiger charge is -2.16. The van der Waals surface area contributed by atoms with Crippen molar-refractivity contribution < 1.29 is 0 Å². The highest BCUT2D eigenvalue weighted by atomic mass is 15.2. The van der Waals surface area contributed by atoms with Gasteiger partial charge in [0.15, 0.2) is 11.6 Å². The fraction of sp³-hybridized carbons (Fsp3) is 0.0299. The smallest absolute Gasteiger partial charge is 0.238 e. The zero-order valence-corrected chi connectivity index (χ0v) is 41.0. The number of rotatable bonds is 7. The topological polar surface area (TPSA) is 84.2 Å². The number of benzene rings is 9. The predicted molar refractivity (Wildman–Crippen MR) is 310 cm³/mol. The SMILES string of the molecule is C1=CC(n2c3c(ccc4c5ccccc5n(-c5nccc(-c6ccccc6)n5)c43)c3ccc4c5ccc6c7ccccc7n(-c7nc(-c8ccccc8)nc(-c8ccccc8)n7)c6c5n(-c5ccccc5)c4c32)=CCC1. The Bertz CT molecular complexity index is 4850. The molecule has 6 heterocycles. The van der Waals surface area contributed by atoms with Crippen LogP contribution in [-0.4, -0.2) is 43.2 Å². The van der Waals surface area contributed by atoms with Crippen molar-refractivity contribution in [1.82, 2.24) is 43.2 Å². The molecule has 15 aromatic rings. The van der Waals surface area contributed by atoms with Gasteiger partial charge in [-0.15, -0.1) is 0 Å². The molecular weight excluding hydrogens is 931 g/mol. The van der Waals surface area contributed by atoms with Gasteiger partial charge in [-0.1, -0.05) is 194 Å². The summed E-state index contributed by atoms with van der Waals surface area (Å²) >= 11 is 0. The Morgan fingerprint density at radius 2 is 0.750 bits per heavy atom. The second kappa shape index (κ2) is 16.6. The molecule has 1 aliphatic rings. The van der Waals surface area contributed by atoms with Crippen LogP contribution in [-0.2, 0) is 0 Å². The van der Waals surface area contributed by atoms with E-state index in [0.29, 0.717) is 23.5 Å². The first-order valence-electron chi connectivity index (χ1n) is 25.8. The van der Waals surface area contributed by atoms with Gasteiger partial charge in [0.2, 0.25) is 11.9 Å². The summed E-state index contributed by atoms with van der Waals surface area (Å²) in [6.07, 6.45) is 10.8. The lowest BCUT2D eigenvalue weighted by molar-refractivity contribution is 0.953. The molecule has 0 N–H and O–H groups in total. The highest BCUT2D eigenvalue weighted by Crippen LogP contribution is 2.48. The van der Waals surface area contributed by atoms with Crippen LogP contribution < -0.4 is 0 Å². The molecule has 0 radical (unpaired) electrons. The van der Waals surface area contributed by atoms with Gasteiger partial charge in [-0.2, -0.15) is 9.97 Å². The quantitative estimate of drug-likeness (QED) is 0.159. The summed E-state index contributed by atoms with van der Waals surface area (Å²) in [7, 11) is 0. The Labute approximate surface area is 435 Å². The number of allylic oxidation sites excluding steroid dienone is 4. The second-order valence-corrected chi connectivity index (χ2v) is 19.5. The van der Waals surface area contributed by atoms with Crippen molar-refractivity contribution in [2.45, 2.75) is 12.8 Å². The Hall–Kier alpha value is -10.3. The zero-order chi connectivity index (χ0) is 49.8. The van der Waals surface area contributed by atoms with Gasteiger partial charge in [0.1, 0.15) is 0 Å². The van der Waals surface area contributed by atoms with Crippen LogP contribution in [0, 0.1) is 0 Å². The molecule has 0 spiro atoms. The summed E-state index contributed by atoms with van der Waals surface area (Å²) in [6, 6.07) is 74.8. The summed E-state index contributed by atoms with van der Waals surface area (Å²) in [6.45, 7) is 0. The maximum Gasteiger partial charge on any atom is 0.238 e. The minimum atomic E-state index is 0.543. The van der Waals surface area contributed by atoms with Gasteiger partial charge in [0.05, 0.1) is 49.8 Å². The molecule has 9 aromatic carbocycles. The normalized spacial score (nSPS) is 12.9. The van der Waals surface area contributed by atoms with Crippen LogP contribution in [0.15, 0.2) is 237 Å². The predicted octanol–water partition coefficient (Wildman–Crippen LogP) is 16.3. The number of hydrogen-bond acceptors (Lipinski definition) is 5. The highest BCUT2D eigenvalue weighted by molar-refractivity contribution is 6.31. The van der Waals surface area contributed by atoms with Gasteiger partial charge in [-0.25, -0.2) is 15.0 Å². The van der Waals surface area contributed by atoms with Crippen LogP contribution in [0.2, 0.25) is 0 Å². The molecule has 0 fully saturated rings. The van der Waals surface area contributed by atoms with Crippen molar-refractivity contribution in [2.75, 3.05) is 0 Å². The van der Waals surface area contributed by atoms with Crippen molar-refractivity contribution in [2.24, 2.45) is 0 Å². The standard InChI is InChI=1S/C67H43N9/c1-6-20-42(21-7-1)55-40-41-68-66(69-55)75-56-32-18-16-30-47(56)49-34-36-53-51-38-39-52-54-37-35-50-48-31-17-19-33-57(48)76(67-71-64(43-22-8-2-9-23-43)70-65(72-67)44-24-10-3-11-25-44)63(50)61(54)74(46-28-14-5-15-29-46)59(52)58(51)73(60(53)62(49)75)45-26-12-4-13-27-45/h1-3,5-12,14-41H,4,13H2. The van der Waals surface area contributed by atoms with E-state index in [1.165, 1.54) is 0 Å². The van der Waals surface area contributed by atoms with Gasteiger partial charge < -0.3 is 9.13 Å². The zero-order valence-electron chi connectivity index (χ0n) is 41.0. The summed E-state index contributed by atoms with van der Waals surface area (Å²) in [5, 5.41) is 9.03. The molecule has 9 heteroatoms. The molecule has 0 unspecified atom stereocenters. The van der Waals surface area contributed by atoms with Crippen LogP contribution in [0.4, 0.5) is 0 Å². The van der Waals surface area contributed by atoms with Crippen LogP contribution in [0.25, 0.3) is 145 Å². The average Bonchev–Trinajstić information content (AvgIpc) is 4.42. The van der Waals surface area contributed by atoms with Crippen molar-refractivity contribution in [1.29, 1.82) is 0 Å². The highest BCUT2D eigenvalue weighted by Gasteiger charge is 2.29. The molecule has 6 aromatic heterocycles. The lowest BCUT2D eigenvalue weighted by atomic mass is 10.1. The number of hydrogen-bond donors (Lipinski definition) is 0. The second-order valence-electron chi connectivity index (χ2n) is 19.5. The summed E-state index contributed by atoms with van der Waals surface area (Å²) in [4.78, 5) is 26.3. The Balaban J connectivity index is 1.09. The number of aromatic nitrogens is 9. The van der Waals surface area contributed by atoms with E-state index in [4.69, 9.17) is 24.9 Å². The van der Waals surface area contributed by atoms with Crippen molar-refractivity contribution in [3.8, 4) is 51.6 Å². The van der Waals surface area contributed by atoms with Crippen molar-refractivity contribution in [3.05, 3.63) is 237 Å². The van der Waals surface area contributed by atoms with E-state index in [2.05, 4.69) is 200 Å². The molecule has 356 valence electrons. The molecule has 1 aliphatic carbocycles. The molecule has 16 rings (SSSR count). The van der Waals surface area contributed by atoms with Crippen molar-refractivity contribution >= 4 is 92.9 Å². The van der Waals surface area contributed by atoms with Crippen molar-refractivity contribution in [3.63, 3.8) is 0 Å². The number of para-hydroxylation sites is 3. The Morgan fingerprint density at radius 1 is 0.316 bits per heavy atom. The van der Waals surface area contributed by atoms with E-state index >= 15 is 0 Å². The van der Waals surface area contributed by atoms with Crippen LogP contribution in [0.1, 0.15) is 12.8 Å². The third-order valence-corrected chi connectivity index (χ3v) is 15.3. The molecule has 0 saturated heterocycles. The van der Waals surface area contributed by atoms with Crippen LogP contribution >= 0.6 is 0 Å². The largest absolute Gasteiger partial charge is 0.305 e. The minimum absolute atomic E-state index is 0.543. The summed E-state index contributed by atoms with van der Waals surface area (Å²) < 4.78 is 9.60. The number of nitrogens with zero attached hydrogens (tertiary/aromatic N) is 9. The van der Waals surface area contributed by atoms with Gasteiger partial charge in [-0.05, 0) is 49.2 Å². The van der Waals surface area contributed by atoms with E-state index in [9.17, 15) is 0 Å². The number of fused-ring (bicyclic) bond motifs is 15. The fourth-order valence-electron chi connectivity index (χ4n) is 12.1. The summed E-state index contributed by atoms with van der Waals surface area (Å²) in [5.74, 6) is 2.37. The van der Waals surface area contributed by atoms with E-state index < -0.39 is 0 Å². The molecule has 0 amide bonds. The van der Waals surface area contributed by atoms with Crippen LogP contribution in [0.5, 0.6) is 0 Å². The van der Waals surface area contributed by atoms with E-state index in [0.717, 1.165) is 134 Å². The monoisotopic (exact) mass is 973 g/mol. The van der Waals surface area contributed by atoms with Gasteiger partial charge in [-0.3, -0.25) is 9.13 Å². The molecule has 0 bridgehead atoms. The van der Waals surface area contributed by atoms with Gasteiger partial charge >= 0.3 is 0 Å². The molecule has 0 saturated carbocycles. The Morgan fingerprint density at radius 3 is 1.26 bits per heavy atom. The third kappa shape index (κ3) is 6.23. The minimum Gasteiger partial charge on any atom is -0.305 e. The first-order chi connectivity index (χ1) is 37.7. The first-order valence-corrected chi connectivity index (χ1v) is 25.8. The molecule has 0 aliphatic heterocycles. The fourth-order valence-corrected chi connectivity index (χ4v) is 12.1. The molecule has 9 nitrogen and oxygen atoms in total. The maximum atomic E-state index is 5.39.